The number of aliphatic imine (C=N–C) groups is 1. The van der Waals surface area contributed by atoms with Gasteiger partial charge in [-0.3, -0.25) is 4.90 Å². The first-order chi connectivity index (χ1) is 13.9. The lowest BCUT2D eigenvalue weighted by Gasteiger charge is -2.48. The molecule has 0 bridgehead atoms. The van der Waals surface area contributed by atoms with Crippen molar-refractivity contribution in [1.29, 1.82) is 0 Å². The van der Waals surface area contributed by atoms with Crippen LogP contribution in [0.3, 0.4) is 0 Å². The minimum Gasteiger partial charge on any atom is -0.443 e. The van der Waals surface area contributed by atoms with Gasteiger partial charge in [0.05, 0.1) is 19.4 Å². The zero-order chi connectivity index (χ0) is 20.7. The van der Waals surface area contributed by atoms with Crippen LogP contribution in [-0.4, -0.2) is 60.8 Å². The van der Waals surface area contributed by atoms with Crippen LogP contribution in [0.4, 0.5) is 0 Å². The molecule has 0 amide bonds. The molecule has 0 radical (unpaired) electrons. The molecule has 0 unspecified atom stereocenters. The Kier molecular flexibility index (Phi) is 7.57. The van der Waals surface area contributed by atoms with Gasteiger partial charge in [0, 0.05) is 37.1 Å². The average molecular weight is 406 g/mol. The summed E-state index contributed by atoms with van der Waals surface area (Å²) >= 11 is 0. The number of ether oxygens (including phenoxy) is 1. The summed E-state index contributed by atoms with van der Waals surface area (Å²) in [4.78, 5) is 11.8. The van der Waals surface area contributed by atoms with E-state index < -0.39 is 0 Å². The van der Waals surface area contributed by atoms with Crippen molar-refractivity contribution in [2.24, 2.45) is 4.99 Å². The van der Waals surface area contributed by atoms with Crippen molar-refractivity contribution in [3.63, 3.8) is 0 Å². The van der Waals surface area contributed by atoms with E-state index >= 15 is 0 Å². The second-order valence-corrected chi connectivity index (χ2v) is 9.30. The Balaban J connectivity index is 1.65. The fourth-order valence-electron chi connectivity index (χ4n) is 4.32. The van der Waals surface area contributed by atoms with E-state index in [1.165, 1.54) is 32.1 Å². The van der Waals surface area contributed by atoms with Gasteiger partial charge in [-0.15, -0.1) is 0 Å². The van der Waals surface area contributed by atoms with Gasteiger partial charge >= 0.3 is 0 Å². The third kappa shape index (κ3) is 5.95. The molecular formula is C22H39N5O2. The summed E-state index contributed by atoms with van der Waals surface area (Å²) < 4.78 is 11.5. The average Bonchev–Trinajstić information content (AvgIpc) is 3.21. The minimum atomic E-state index is -0.0385. The lowest BCUT2D eigenvalue weighted by Crippen LogP contribution is -2.60. The molecule has 29 heavy (non-hydrogen) atoms. The number of nitrogens with zero attached hydrogens (tertiary/aromatic N) is 3. The maximum absolute atomic E-state index is 5.89. The number of guanidine groups is 1. The molecule has 0 aromatic carbocycles. The van der Waals surface area contributed by atoms with E-state index in [-0.39, 0.29) is 11.0 Å². The van der Waals surface area contributed by atoms with Gasteiger partial charge in [0.1, 0.15) is 12.3 Å². The van der Waals surface area contributed by atoms with Crippen LogP contribution in [0.2, 0.25) is 0 Å². The molecular weight excluding hydrogens is 366 g/mol. The van der Waals surface area contributed by atoms with Gasteiger partial charge in [0.15, 0.2) is 5.96 Å². The number of aromatic nitrogens is 1. The Labute approximate surface area is 175 Å². The number of rotatable bonds is 6. The number of oxazole rings is 1. The smallest absolute Gasteiger partial charge is 0.216 e. The second-order valence-electron chi connectivity index (χ2n) is 9.30. The molecule has 1 saturated carbocycles. The van der Waals surface area contributed by atoms with Crippen LogP contribution < -0.4 is 10.6 Å². The van der Waals surface area contributed by atoms with Crippen molar-refractivity contribution in [2.75, 3.05) is 39.4 Å². The van der Waals surface area contributed by atoms with E-state index in [1.807, 2.05) is 6.20 Å². The highest BCUT2D eigenvalue weighted by molar-refractivity contribution is 5.79. The summed E-state index contributed by atoms with van der Waals surface area (Å²) in [6.07, 6.45) is 8.26. The molecule has 1 saturated heterocycles. The van der Waals surface area contributed by atoms with Gasteiger partial charge in [-0.25, -0.2) is 9.98 Å². The summed E-state index contributed by atoms with van der Waals surface area (Å²) in [7, 11) is 0. The normalized spacial score (nSPS) is 21.2. The van der Waals surface area contributed by atoms with E-state index in [1.54, 1.807) is 0 Å². The molecule has 2 N–H and O–H groups in total. The predicted molar refractivity (Wildman–Crippen MR) is 116 cm³/mol. The molecule has 7 heteroatoms. The molecule has 164 valence electrons. The number of nitrogens with one attached hydrogen (secondary N) is 2. The number of hydrogen-bond donors (Lipinski definition) is 2. The van der Waals surface area contributed by atoms with Crippen molar-refractivity contribution < 1.29 is 9.15 Å². The van der Waals surface area contributed by atoms with Gasteiger partial charge < -0.3 is 19.8 Å². The largest absolute Gasteiger partial charge is 0.443 e. The van der Waals surface area contributed by atoms with E-state index in [2.05, 4.69) is 48.2 Å². The summed E-state index contributed by atoms with van der Waals surface area (Å²) in [6.45, 7) is 14.4. The lowest BCUT2D eigenvalue weighted by molar-refractivity contribution is -0.0352. The molecule has 1 aliphatic heterocycles. The molecule has 3 rings (SSSR count). The summed E-state index contributed by atoms with van der Waals surface area (Å²) in [5, 5.41) is 7.00. The first-order valence-electron chi connectivity index (χ1n) is 11.2. The van der Waals surface area contributed by atoms with Gasteiger partial charge in [-0.2, -0.15) is 0 Å². The molecule has 7 nitrogen and oxygen atoms in total. The number of morpholine rings is 1. The molecule has 1 aromatic heterocycles. The molecule has 1 aliphatic carbocycles. The summed E-state index contributed by atoms with van der Waals surface area (Å²) in [5.74, 6) is 2.39. The molecule has 2 aliphatic rings. The zero-order valence-electron chi connectivity index (χ0n) is 18.7. The van der Waals surface area contributed by atoms with Crippen LogP contribution in [-0.2, 0) is 16.7 Å². The van der Waals surface area contributed by atoms with Crippen LogP contribution in [0.1, 0.15) is 71.5 Å². The highest BCUT2D eigenvalue weighted by Crippen LogP contribution is 2.33. The first-order valence-corrected chi connectivity index (χ1v) is 11.2. The predicted octanol–water partition coefficient (Wildman–Crippen LogP) is 3.06. The van der Waals surface area contributed by atoms with E-state index in [0.29, 0.717) is 12.4 Å². The highest BCUT2D eigenvalue weighted by Gasteiger charge is 2.38. The Hall–Kier alpha value is -1.60. The Morgan fingerprint density at radius 3 is 2.52 bits per heavy atom. The molecule has 0 spiro atoms. The van der Waals surface area contributed by atoms with Gasteiger partial charge in [0.2, 0.25) is 5.89 Å². The molecule has 0 atom stereocenters. The summed E-state index contributed by atoms with van der Waals surface area (Å²) in [5.41, 5.74) is 0.170. The standard InChI is InChI=1S/C22H39N5O2/c1-5-23-20(25-16-19-24-15-18(29-19)21(2,3)4)26-17-22(9-7-6-8-10-22)27-11-13-28-14-12-27/h15H,5-14,16-17H2,1-4H3,(H2,23,25,26). The highest BCUT2D eigenvalue weighted by atomic mass is 16.5. The third-order valence-electron chi connectivity index (χ3n) is 6.06. The minimum absolute atomic E-state index is 0.0385. The molecule has 2 fully saturated rings. The van der Waals surface area contributed by atoms with Crippen molar-refractivity contribution in [3.8, 4) is 0 Å². The second kappa shape index (κ2) is 9.94. The van der Waals surface area contributed by atoms with Crippen molar-refractivity contribution in [1.82, 2.24) is 20.5 Å². The van der Waals surface area contributed by atoms with Crippen LogP contribution in [0.5, 0.6) is 0 Å². The van der Waals surface area contributed by atoms with Crippen LogP contribution in [0.15, 0.2) is 15.6 Å². The van der Waals surface area contributed by atoms with Crippen molar-refractivity contribution in [3.05, 3.63) is 17.8 Å². The first kappa shape index (κ1) is 22.1. The van der Waals surface area contributed by atoms with Crippen LogP contribution in [0, 0.1) is 0 Å². The van der Waals surface area contributed by atoms with Crippen molar-refractivity contribution >= 4 is 5.96 Å². The fraction of sp³-hybridized carbons (Fsp3) is 0.818. The maximum Gasteiger partial charge on any atom is 0.216 e. The lowest BCUT2D eigenvalue weighted by atomic mass is 9.80. The van der Waals surface area contributed by atoms with Gasteiger partial charge in [-0.1, -0.05) is 40.0 Å². The monoisotopic (exact) mass is 405 g/mol. The molecule has 1 aromatic rings. The topological polar surface area (TPSA) is 74.9 Å². The Bertz CT molecular complexity index is 652. The van der Waals surface area contributed by atoms with Gasteiger partial charge in [0.25, 0.3) is 0 Å². The van der Waals surface area contributed by atoms with Crippen molar-refractivity contribution in [2.45, 2.75) is 77.3 Å². The van der Waals surface area contributed by atoms with E-state index in [9.17, 15) is 0 Å². The third-order valence-corrected chi connectivity index (χ3v) is 6.06. The number of hydrogen-bond acceptors (Lipinski definition) is 5. The fourth-order valence-corrected chi connectivity index (χ4v) is 4.32. The summed E-state index contributed by atoms with van der Waals surface area (Å²) in [6, 6.07) is 0. The SMILES string of the molecule is CCNC(=NCc1ncc(C(C)(C)C)o1)NCC1(N2CCOCC2)CCCCC1. The zero-order valence-corrected chi connectivity index (χ0v) is 18.7. The molecule has 2 heterocycles. The van der Waals surface area contributed by atoms with E-state index in [4.69, 9.17) is 14.1 Å². The Morgan fingerprint density at radius 2 is 1.90 bits per heavy atom. The Morgan fingerprint density at radius 1 is 1.17 bits per heavy atom. The van der Waals surface area contributed by atoms with Gasteiger partial charge in [-0.05, 0) is 19.8 Å². The quantitative estimate of drug-likeness (QED) is 0.560. The van der Waals surface area contributed by atoms with E-state index in [0.717, 1.165) is 51.1 Å². The maximum atomic E-state index is 5.89. The van der Waals surface area contributed by atoms with Crippen LogP contribution >= 0.6 is 0 Å². The van der Waals surface area contributed by atoms with Crippen LogP contribution in [0.25, 0.3) is 0 Å².